The number of benzene rings is 1. The van der Waals surface area contributed by atoms with Crippen molar-refractivity contribution in [3.63, 3.8) is 0 Å². The number of aryl methyl sites for hydroxylation is 1. The lowest BCUT2D eigenvalue weighted by molar-refractivity contribution is -0.0407. The second-order valence-electron chi connectivity index (χ2n) is 7.44. The van der Waals surface area contributed by atoms with E-state index in [-0.39, 0.29) is 17.9 Å². The predicted molar refractivity (Wildman–Crippen MR) is 106 cm³/mol. The molecule has 1 aliphatic rings. The largest absolute Gasteiger partial charge is 0.475 e. The molecule has 1 aliphatic heterocycles. The molecule has 0 bridgehead atoms. The molecule has 9 nitrogen and oxygen atoms in total. The number of aromatic amines is 1. The third-order valence-electron chi connectivity index (χ3n) is 4.77. The summed E-state index contributed by atoms with van der Waals surface area (Å²) in [6, 6.07) is 7.12. The van der Waals surface area contributed by atoms with Gasteiger partial charge in [-0.05, 0) is 25.1 Å². The van der Waals surface area contributed by atoms with Gasteiger partial charge in [0, 0.05) is 29.8 Å². The zero-order valence-corrected chi connectivity index (χ0v) is 16.8. The van der Waals surface area contributed by atoms with E-state index >= 15 is 0 Å². The van der Waals surface area contributed by atoms with Gasteiger partial charge in [0.2, 0.25) is 5.88 Å². The molecule has 1 atom stereocenters. The van der Waals surface area contributed by atoms with Gasteiger partial charge < -0.3 is 14.4 Å². The summed E-state index contributed by atoms with van der Waals surface area (Å²) < 4.78 is 11.7. The number of hydrogen-bond donors (Lipinski definition) is 1. The van der Waals surface area contributed by atoms with Gasteiger partial charge in [0.05, 0.1) is 13.2 Å². The number of morpholine rings is 1. The van der Waals surface area contributed by atoms with Gasteiger partial charge in [0.15, 0.2) is 0 Å². The summed E-state index contributed by atoms with van der Waals surface area (Å²) in [5, 5.41) is 10.6. The minimum absolute atomic E-state index is 0.0526. The Labute approximate surface area is 168 Å². The van der Waals surface area contributed by atoms with Gasteiger partial charge in [0.25, 0.3) is 5.91 Å². The third-order valence-corrected chi connectivity index (χ3v) is 4.77. The van der Waals surface area contributed by atoms with Gasteiger partial charge in [-0.2, -0.15) is 20.4 Å². The Morgan fingerprint density at radius 2 is 2.10 bits per heavy atom. The van der Waals surface area contributed by atoms with Gasteiger partial charge in [-0.15, -0.1) is 0 Å². The van der Waals surface area contributed by atoms with Crippen LogP contribution >= 0.6 is 0 Å². The summed E-state index contributed by atoms with van der Waals surface area (Å²) in [6.07, 6.45) is -0.221. The molecule has 1 unspecified atom stereocenters. The Balaban J connectivity index is 1.40. The van der Waals surface area contributed by atoms with Crippen LogP contribution in [0.3, 0.4) is 0 Å². The van der Waals surface area contributed by atoms with Crippen molar-refractivity contribution in [2.24, 2.45) is 0 Å². The fraction of sp³-hybridized carbons (Fsp3) is 0.450. The van der Waals surface area contributed by atoms with E-state index < -0.39 is 0 Å². The van der Waals surface area contributed by atoms with E-state index in [1.807, 2.05) is 26.8 Å². The third kappa shape index (κ3) is 4.34. The number of carbonyl (C=O) groups is 1. The molecule has 0 spiro atoms. The van der Waals surface area contributed by atoms with Crippen LogP contribution in [0.25, 0.3) is 11.0 Å². The molecule has 0 saturated carbocycles. The minimum atomic E-state index is -0.221. The second-order valence-corrected chi connectivity index (χ2v) is 7.44. The first-order valence-electron chi connectivity index (χ1n) is 9.69. The van der Waals surface area contributed by atoms with Crippen LogP contribution in [0, 0.1) is 6.92 Å². The van der Waals surface area contributed by atoms with Crippen LogP contribution in [-0.2, 0) is 4.74 Å². The first kappa shape index (κ1) is 19.3. The monoisotopic (exact) mass is 396 g/mol. The van der Waals surface area contributed by atoms with Crippen LogP contribution in [0.5, 0.6) is 5.88 Å². The van der Waals surface area contributed by atoms with Crippen molar-refractivity contribution in [3.8, 4) is 5.88 Å². The molecule has 2 aromatic heterocycles. The second kappa shape index (κ2) is 8.12. The lowest BCUT2D eigenvalue weighted by atomic mass is 10.1. The number of carbonyl (C=O) groups excluding carboxylic acids is 1. The highest BCUT2D eigenvalue weighted by Crippen LogP contribution is 2.18. The lowest BCUT2D eigenvalue weighted by Crippen LogP contribution is -2.47. The molecule has 29 heavy (non-hydrogen) atoms. The topological polar surface area (TPSA) is 106 Å². The fourth-order valence-corrected chi connectivity index (χ4v) is 3.23. The smallest absolute Gasteiger partial charge is 0.254 e. The van der Waals surface area contributed by atoms with E-state index in [1.165, 1.54) is 0 Å². The van der Waals surface area contributed by atoms with Gasteiger partial charge in [-0.3, -0.25) is 4.79 Å². The van der Waals surface area contributed by atoms with Gasteiger partial charge in [-0.25, -0.2) is 4.98 Å². The predicted octanol–water partition coefficient (Wildman–Crippen LogP) is 2.10. The summed E-state index contributed by atoms with van der Waals surface area (Å²) in [6.45, 7) is 7.79. The van der Waals surface area contributed by atoms with E-state index in [0.29, 0.717) is 43.3 Å². The molecule has 1 aromatic carbocycles. The number of amides is 1. The van der Waals surface area contributed by atoms with Gasteiger partial charge >= 0.3 is 0 Å². The molecule has 1 amide bonds. The average molecular weight is 396 g/mol. The Morgan fingerprint density at radius 3 is 2.93 bits per heavy atom. The van der Waals surface area contributed by atoms with Crippen LogP contribution in [0.15, 0.2) is 24.3 Å². The van der Waals surface area contributed by atoms with E-state index in [4.69, 9.17) is 9.47 Å². The van der Waals surface area contributed by atoms with Crippen molar-refractivity contribution in [1.29, 1.82) is 0 Å². The summed E-state index contributed by atoms with van der Waals surface area (Å²) in [7, 11) is 0. The summed E-state index contributed by atoms with van der Waals surface area (Å²) in [5.41, 5.74) is 2.85. The number of rotatable bonds is 5. The maximum Gasteiger partial charge on any atom is 0.254 e. The molecule has 0 aliphatic carbocycles. The average Bonchev–Trinajstić information content (AvgIpc) is 3.19. The van der Waals surface area contributed by atoms with Crippen LogP contribution in [-0.4, -0.2) is 68.6 Å². The molecule has 1 fully saturated rings. The van der Waals surface area contributed by atoms with Crippen LogP contribution < -0.4 is 4.74 Å². The lowest BCUT2D eigenvalue weighted by Gasteiger charge is -2.32. The molecule has 3 aromatic rings. The first-order chi connectivity index (χ1) is 14.0. The molecular weight excluding hydrogens is 372 g/mol. The van der Waals surface area contributed by atoms with Gasteiger partial charge in [0.1, 0.15) is 29.6 Å². The van der Waals surface area contributed by atoms with Crippen LogP contribution in [0.4, 0.5) is 0 Å². The normalized spacial score (nSPS) is 17.1. The number of aromatic nitrogens is 5. The Bertz CT molecular complexity index is 1020. The standard InChI is InChI=1S/C20H24N6O3/c1-12(2)19-21-13(3)8-18(22-19)29-11-15-10-26(6-7-28-15)20(27)14-4-5-16-17(9-14)24-25-23-16/h4-5,8-9,12,15H,6-7,10-11H2,1-3H3,(H,23,24,25). The number of ether oxygens (including phenoxy) is 2. The number of nitrogens with zero attached hydrogens (tertiary/aromatic N) is 5. The number of hydrogen-bond acceptors (Lipinski definition) is 7. The fourth-order valence-electron chi connectivity index (χ4n) is 3.23. The summed E-state index contributed by atoms with van der Waals surface area (Å²) in [5.74, 6) is 1.45. The number of fused-ring (bicyclic) bond motifs is 1. The quantitative estimate of drug-likeness (QED) is 0.704. The highest BCUT2D eigenvalue weighted by molar-refractivity contribution is 5.97. The summed E-state index contributed by atoms with van der Waals surface area (Å²) in [4.78, 5) is 23.6. The Kier molecular flexibility index (Phi) is 5.39. The molecule has 3 heterocycles. The van der Waals surface area contributed by atoms with Crippen molar-refractivity contribution in [1.82, 2.24) is 30.3 Å². The molecule has 152 valence electrons. The molecular formula is C20H24N6O3. The number of nitrogens with one attached hydrogen (secondary N) is 1. The molecule has 1 saturated heterocycles. The SMILES string of the molecule is Cc1cc(OCC2CN(C(=O)c3ccc4n[nH]nc4c3)CCO2)nc(C(C)C)n1. The molecule has 9 heteroatoms. The van der Waals surface area contributed by atoms with Crippen molar-refractivity contribution in [3.05, 3.63) is 41.3 Å². The molecule has 4 rings (SSSR count). The Morgan fingerprint density at radius 1 is 1.28 bits per heavy atom. The van der Waals surface area contributed by atoms with E-state index in [0.717, 1.165) is 17.0 Å². The molecule has 0 radical (unpaired) electrons. The van der Waals surface area contributed by atoms with Crippen LogP contribution in [0.2, 0.25) is 0 Å². The highest BCUT2D eigenvalue weighted by Gasteiger charge is 2.26. The van der Waals surface area contributed by atoms with Crippen molar-refractivity contribution < 1.29 is 14.3 Å². The van der Waals surface area contributed by atoms with Crippen molar-refractivity contribution >= 4 is 16.9 Å². The maximum atomic E-state index is 12.9. The molecule has 1 N–H and O–H groups in total. The van der Waals surface area contributed by atoms with Crippen molar-refractivity contribution in [2.75, 3.05) is 26.3 Å². The summed E-state index contributed by atoms with van der Waals surface area (Å²) >= 11 is 0. The van der Waals surface area contributed by atoms with E-state index in [2.05, 4.69) is 25.4 Å². The minimum Gasteiger partial charge on any atom is -0.475 e. The zero-order chi connectivity index (χ0) is 20.4. The van der Waals surface area contributed by atoms with Gasteiger partial charge in [-0.1, -0.05) is 13.8 Å². The Hall–Kier alpha value is -3.07. The van der Waals surface area contributed by atoms with Crippen molar-refractivity contribution in [2.45, 2.75) is 32.8 Å². The zero-order valence-electron chi connectivity index (χ0n) is 16.8. The first-order valence-corrected chi connectivity index (χ1v) is 9.69. The van der Waals surface area contributed by atoms with E-state index in [9.17, 15) is 4.79 Å². The number of H-pyrrole nitrogens is 1. The maximum absolute atomic E-state index is 12.9. The van der Waals surface area contributed by atoms with E-state index in [1.54, 1.807) is 23.1 Å². The van der Waals surface area contributed by atoms with Crippen LogP contribution in [0.1, 0.15) is 41.6 Å². The highest BCUT2D eigenvalue weighted by atomic mass is 16.5.